The van der Waals surface area contributed by atoms with Crippen LogP contribution in [-0.4, -0.2) is 36.3 Å². The largest absolute Gasteiger partial charge is 0.376 e. The van der Waals surface area contributed by atoms with E-state index in [1.54, 1.807) is 0 Å². The molecule has 0 spiro atoms. The van der Waals surface area contributed by atoms with Gasteiger partial charge in [-0.15, -0.1) is 0 Å². The smallest absolute Gasteiger partial charge is 0.134 e. The van der Waals surface area contributed by atoms with Gasteiger partial charge in [0.2, 0.25) is 0 Å². The summed E-state index contributed by atoms with van der Waals surface area (Å²) >= 11 is 0. The van der Waals surface area contributed by atoms with E-state index < -0.39 is 0 Å². The SMILES string of the molecule is CCc1nc(NC)c(C)c(NCCOC2CCCC2)n1. The van der Waals surface area contributed by atoms with E-state index in [0.29, 0.717) is 6.10 Å². The van der Waals surface area contributed by atoms with Crippen LogP contribution in [0.2, 0.25) is 0 Å². The minimum absolute atomic E-state index is 0.474. The van der Waals surface area contributed by atoms with Crippen molar-refractivity contribution in [3.05, 3.63) is 11.4 Å². The van der Waals surface area contributed by atoms with Gasteiger partial charge in [-0.25, -0.2) is 9.97 Å². The van der Waals surface area contributed by atoms with Crippen LogP contribution in [0.3, 0.4) is 0 Å². The lowest BCUT2D eigenvalue weighted by atomic mass is 10.3. The first-order chi connectivity index (χ1) is 9.74. The molecule has 20 heavy (non-hydrogen) atoms. The molecule has 112 valence electrons. The Hall–Kier alpha value is -1.36. The Balaban J connectivity index is 1.87. The van der Waals surface area contributed by atoms with E-state index in [1.165, 1.54) is 25.7 Å². The van der Waals surface area contributed by atoms with Gasteiger partial charge in [0.05, 0.1) is 12.7 Å². The molecule has 1 aromatic heterocycles. The summed E-state index contributed by atoms with van der Waals surface area (Å²) in [7, 11) is 1.89. The van der Waals surface area contributed by atoms with Gasteiger partial charge in [0.1, 0.15) is 17.5 Å². The standard InChI is InChI=1S/C15H26N4O/c1-4-13-18-14(16-3)11(2)15(19-13)17-9-10-20-12-7-5-6-8-12/h12H,4-10H2,1-3H3,(H2,16,17,18,19). The molecule has 1 heterocycles. The molecule has 1 aliphatic rings. The van der Waals surface area contributed by atoms with Crippen molar-refractivity contribution in [1.82, 2.24) is 9.97 Å². The average molecular weight is 278 g/mol. The third-order valence-corrected chi connectivity index (χ3v) is 3.80. The van der Waals surface area contributed by atoms with Gasteiger partial charge < -0.3 is 15.4 Å². The lowest BCUT2D eigenvalue weighted by Gasteiger charge is -2.15. The third kappa shape index (κ3) is 3.82. The number of ether oxygens (including phenoxy) is 1. The minimum atomic E-state index is 0.474. The number of anilines is 2. The maximum Gasteiger partial charge on any atom is 0.134 e. The van der Waals surface area contributed by atoms with Gasteiger partial charge in [-0.2, -0.15) is 0 Å². The Labute approximate surface area is 121 Å². The van der Waals surface area contributed by atoms with Crippen molar-refractivity contribution >= 4 is 11.6 Å². The number of rotatable bonds is 7. The predicted octanol–water partition coefficient (Wildman–Crippen LogP) is 2.76. The Morgan fingerprint density at radius 2 is 1.90 bits per heavy atom. The summed E-state index contributed by atoms with van der Waals surface area (Å²) in [4.78, 5) is 9.02. The molecule has 0 amide bonds. The Morgan fingerprint density at radius 3 is 2.55 bits per heavy atom. The molecule has 2 N–H and O–H groups in total. The second kappa shape index (κ2) is 7.43. The van der Waals surface area contributed by atoms with Crippen molar-refractivity contribution < 1.29 is 4.74 Å². The van der Waals surface area contributed by atoms with Gasteiger partial charge in [0, 0.05) is 25.6 Å². The number of nitrogens with one attached hydrogen (secondary N) is 2. The summed E-state index contributed by atoms with van der Waals surface area (Å²) in [5.74, 6) is 2.67. The molecule has 0 aromatic carbocycles. The first-order valence-corrected chi connectivity index (χ1v) is 7.65. The van der Waals surface area contributed by atoms with Crippen LogP contribution in [0.1, 0.15) is 44.0 Å². The monoisotopic (exact) mass is 278 g/mol. The van der Waals surface area contributed by atoms with Crippen LogP contribution in [0.5, 0.6) is 0 Å². The highest BCUT2D eigenvalue weighted by atomic mass is 16.5. The third-order valence-electron chi connectivity index (χ3n) is 3.80. The fourth-order valence-corrected chi connectivity index (χ4v) is 2.59. The molecule has 5 heteroatoms. The van der Waals surface area contributed by atoms with Crippen molar-refractivity contribution in [3.8, 4) is 0 Å². The number of hydrogen-bond donors (Lipinski definition) is 2. The first kappa shape index (κ1) is 15.0. The van der Waals surface area contributed by atoms with Gasteiger partial charge in [0.25, 0.3) is 0 Å². The van der Waals surface area contributed by atoms with Crippen LogP contribution in [0.25, 0.3) is 0 Å². The van der Waals surface area contributed by atoms with Gasteiger partial charge in [-0.1, -0.05) is 19.8 Å². The van der Waals surface area contributed by atoms with Gasteiger partial charge >= 0.3 is 0 Å². The normalized spacial score (nSPS) is 15.6. The van der Waals surface area contributed by atoms with E-state index in [-0.39, 0.29) is 0 Å². The molecular weight excluding hydrogens is 252 g/mol. The molecule has 0 atom stereocenters. The Morgan fingerprint density at radius 1 is 1.20 bits per heavy atom. The summed E-state index contributed by atoms with van der Waals surface area (Å²) in [6, 6.07) is 0. The number of aryl methyl sites for hydroxylation is 1. The molecule has 1 fully saturated rings. The zero-order valence-corrected chi connectivity index (χ0v) is 12.8. The fourth-order valence-electron chi connectivity index (χ4n) is 2.59. The fraction of sp³-hybridized carbons (Fsp3) is 0.733. The van der Waals surface area contributed by atoms with E-state index in [1.807, 2.05) is 14.0 Å². The maximum atomic E-state index is 5.86. The Bertz CT molecular complexity index is 430. The average Bonchev–Trinajstić information content (AvgIpc) is 2.98. The van der Waals surface area contributed by atoms with Crippen molar-refractivity contribution in [1.29, 1.82) is 0 Å². The molecule has 1 aliphatic carbocycles. The molecule has 5 nitrogen and oxygen atoms in total. The lowest BCUT2D eigenvalue weighted by molar-refractivity contribution is 0.0658. The topological polar surface area (TPSA) is 59.1 Å². The van der Waals surface area contributed by atoms with Crippen molar-refractivity contribution in [2.45, 2.75) is 52.1 Å². The van der Waals surface area contributed by atoms with Crippen molar-refractivity contribution in [3.63, 3.8) is 0 Å². The second-order valence-electron chi connectivity index (χ2n) is 5.27. The van der Waals surface area contributed by atoms with E-state index in [0.717, 1.165) is 42.6 Å². The first-order valence-electron chi connectivity index (χ1n) is 7.65. The van der Waals surface area contributed by atoms with Crippen LogP contribution in [0, 0.1) is 6.92 Å². The van der Waals surface area contributed by atoms with Crippen LogP contribution in [0.15, 0.2) is 0 Å². The number of nitrogens with zero attached hydrogens (tertiary/aromatic N) is 2. The van der Waals surface area contributed by atoms with Crippen molar-refractivity contribution in [2.75, 3.05) is 30.8 Å². The second-order valence-corrected chi connectivity index (χ2v) is 5.27. The molecule has 0 saturated heterocycles. The van der Waals surface area contributed by atoms with Gasteiger partial charge in [0.15, 0.2) is 0 Å². The molecule has 0 bridgehead atoms. The van der Waals surface area contributed by atoms with Gasteiger partial charge in [-0.3, -0.25) is 0 Å². The number of hydrogen-bond acceptors (Lipinski definition) is 5. The summed E-state index contributed by atoms with van der Waals surface area (Å²) in [5, 5.41) is 6.49. The highest BCUT2D eigenvalue weighted by Crippen LogP contribution is 2.21. The summed E-state index contributed by atoms with van der Waals surface area (Å²) in [6.07, 6.45) is 6.38. The van der Waals surface area contributed by atoms with E-state index in [4.69, 9.17) is 4.74 Å². The zero-order valence-electron chi connectivity index (χ0n) is 12.8. The molecule has 0 unspecified atom stereocenters. The Kier molecular flexibility index (Phi) is 5.59. The molecule has 2 rings (SSSR count). The summed E-state index contributed by atoms with van der Waals surface area (Å²) < 4.78 is 5.86. The lowest BCUT2D eigenvalue weighted by Crippen LogP contribution is -2.17. The quantitative estimate of drug-likeness (QED) is 0.751. The highest BCUT2D eigenvalue weighted by molar-refractivity contribution is 5.56. The molecule has 0 aliphatic heterocycles. The van der Waals surface area contributed by atoms with Crippen LogP contribution in [0.4, 0.5) is 11.6 Å². The zero-order chi connectivity index (χ0) is 14.4. The number of aromatic nitrogens is 2. The highest BCUT2D eigenvalue weighted by Gasteiger charge is 2.15. The van der Waals surface area contributed by atoms with Crippen LogP contribution < -0.4 is 10.6 Å². The molecular formula is C15H26N4O. The molecule has 1 saturated carbocycles. The van der Waals surface area contributed by atoms with Crippen LogP contribution in [-0.2, 0) is 11.2 Å². The van der Waals surface area contributed by atoms with Gasteiger partial charge in [-0.05, 0) is 19.8 Å². The van der Waals surface area contributed by atoms with E-state index in [2.05, 4.69) is 27.5 Å². The molecule has 0 radical (unpaired) electrons. The minimum Gasteiger partial charge on any atom is -0.376 e. The predicted molar refractivity (Wildman–Crippen MR) is 82.4 cm³/mol. The van der Waals surface area contributed by atoms with Crippen LogP contribution >= 0.6 is 0 Å². The summed E-state index contributed by atoms with van der Waals surface area (Å²) in [5.41, 5.74) is 1.06. The van der Waals surface area contributed by atoms with E-state index in [9.17, 15) is 0 Å². The molecule has 1 aromatic rings. The van der Waals surface area contributed by atoms with Crippen molar-refractivity contribution in [2.24, 2.45) is 0 Å². The van der Waals surface area contributed by atoms with E-state index >= 15 is 0 Å². The maximum absolute atomic E-state index is 5.86. The summed E-state index contributed by atoms with van der Waals surface area (Å²) in [6.45, 7) is 5.63.